The Morgan fingerprint density at radius 2 is 1.66 bits per heavy atom. The molecule has 1 fully saturated rings. The molecule has 0 unspecified atom stereocenters. The van der Waals surface area contributed by atoms with Crippen molar-refractivity contribution in [2.24, 2.45) is 0 Å². The molecular weight excluding hydrogens is 472 g/mol. The van der Waals surface area contributed by atoms with E-state index in [1.807, 2.05) is 48.5 Å². The van der Waals surface area contributed by atoms with Crippen LogP contribution in [0.2, 0.25) is 0 Å². The first-order chi connectivity index (χ1) is 18.5. The summed E-state index contributed by atoms with van der Waals surface area (Å²) in [4.78, 5) is 7.39. The van der Waals surface area contributed by atoms with E-state index in [4.69, 9.17) is 9.26 Å². The molecule has 5 rings (SSSR count). The van der Waals surface area contributed by atoms with Crippen LogP contribution in [0.15, 0.2) is 83.4 Å². The van der Waals surface area contributed by atoms with Crippen LogP contribution in [0, 0.1) is 13.8 Å². The highest BCUT2D eigenvalue weighted by atomic mass is 16.5. The number of aryl methyl sites for hydroxylation is 2. The Kier molecular flexibility index (Phi) is 8.41. The lowest BCUT2D eigenvalue weighted by molar-refractivity contribution is 0.202. The highest BCUT2D eigenvalue weighted by molar-refractivity contribution is 5.60. The predicted molar refractivity (Wildman–Crippen MR) is 154 cm³/mol. The maximum Gasteiger partial charge on any atom is 0.151 e. The third-order valence-corrected chi connectivity index (χ3v) is 7.25. The molecular formula is C32H38N4O2. The van der Waals surface area contributed by atoms with E-state index < -0.39 is 0 Å². The lowest BCUT2D eigenvalue weighted by Gasteiger charge is -2.37. The molecule has 4 aromatic rings. The minimum absolute atomic E-state index is 0.558. The Labute approximate surface area is 226 Å². The second-order valence-corrected chi connectivity index (χ2v) is 10.3. The molecule has 0 amide bonds. The Morgan fingerprint density at radius 1 is 0.895 bits per heavy atom. The van der Waals surface area contributed by atoms with Crippen LogP contribution in [0.25, 0.3) is 11.3 Å². The van der Waals surface area contributed by atoms with Gasteiger partial charge < -0.3 is 14.2 Å². The van der Waals surface area contributed by atoms with Crippen molar-refractivity contribution >= 4 is 5.69 Å². The van der Waals surface area contributed by atoms with Gasteiger partial charge in [-0.25, -0.2) is 0 Å². The summed E-state index contributed by atoms with van der Waals surface area (Å²) in [6, 6.07) is 27.0. The van der Waals surface area contributed by atoms with E-state index in [0.717, 1.165) is 74.1 Å². The van der Waals surface area contributed by atoms with Crippen LogP contribution in [0.4, 0.5) is 5.69 Å². The van der Waals surface area contributed by atoms with Gasteiger partial charge in [0.2, 0.25) is 0 Å². The number of hydrogen-bond donors (Lipinski definition) is 0. The van der Waals surface area contributed by atoms with Crippen molar-refractivity contribution in [3.63, 3.8) is 0 Å². The van der Waals surface area contributed by atoms with E-state index in [9.17, 15) is 0 Å². The van der Waals surface area contributed by atoms with E-state index >= 15 is 0 Å². The molecule has 6 heteroatoms. The molecule has 0 atom stereocenters. The van der Waals surface area contributed by atoms with Crippen molar-refractivity contribution in [2.75, 3.05) is 51.2 Å². The summed E-state index contributed by atoms with van der Waals surface area (Å²) in [5.41, 5.74) is 7.11. The van der Waals surface area contributed by atoms with Crippen molar-refractivity contribution in [1.82, 2.24) is 15.0 Å². The lowest BCUT2D eigenvalue weighted by Crippen LogP contribution is -2.48. The largest absolute Gasteiger partial charge is 0.489 e. The van der Waals surface area contributed by atoms with E-state index in [0.29, 0.717) is 6.61 Å². The molecule has 0 bridgehead atoms. The second kappa shape index (κ2) is 12.3. The molecule has 0 N–H and O–H groups in total. The summed E-state index contributed by atoms with van der Waals surface area (Å²) in [6.45, 7) is 12.1. The van der Waals surface area contributed by atoms with Gasteiger partial charge in [0, 0.05) is 56.6 Å². The van der Waals surface area contributed by atoms with Gasteiger partial charge in [0.1, 0.15) is 18.1 Å². The fourth-order valence-electron chi connectivity index (χ4n) is 5.02. The van der Waals surface area contributed by atoms with Crippen LogP contribution >= 0.6 is 0 Å². The molecule has 0 aliphatic carbocycles. The molecule has 2 heterocycles. The van der Waals surface area contributed by atoms with Crippen molar-refractivity contribution in [3.05, 3.63) is 101 Å². The molecule has 38 heavy (non-hydrogen) atoms. The van der Waals surface area contributed by atoms with Crippen molar-refractivity contribution in [3.8, 4) is 17.0 Å². The first-order valence-electron chi connectivity index (χ1n) is 13.5. The highest BCUT2D eigenvalue weighted by Gasteiger charge is 2.19. The minimum Gasteiger partial charge on any atom is -0.489 e. The Bertz CT molecular complexity index is 1290. The summed E-state index contributed by atoms with van der Waals surface area (Å²) >= 11 is 0. The molecule has 1 aliphatic heterocycles. The van der Waals surface area contributed by atoms with Gasteiger partial charge in [0.15, 0.2) is 5.76 Å². The average Bonchev–Trinajstić information content (AvgIpc) is 3.40. The van der Waals surface area contributed by atoms with Crippen molar-refractivity contribution in [2.45, 2.75) is 27.0 Å². The predicted octanol–water partition coefficient (Wildman–Crippen LogP) is 5.79. The Hall–Kier alpha value is -3.61. The van der Waals surface area contributed by atoms with Crippen LogP contribution in [-0.4, -0.2) is 61.3 Å². The number of hydrogen-bond acceptors (Lipinski definition) is 6. The maximum atomic E-state index is 5.90. The fraction of sp³-hybridized carbons (Fsp3) is 0.344. The third kappa shape index (κ3) is 6.82. The fourth-order valence-corrected chi connectivity index (χ4v) is 5.02. The molecule has 6 nitrogen and oxygen atoms in total. The molecule has 0 saturated carbocycles. The molecule has 0 radical (unpaired) electrons. The summed E-state index contributed by atoms with van der Waals surface area (Å²) in [6.07, 6.45) is 0. The number of likely N-dealkylation sites (N-methyl/N-ethyl adjacent to an activating group) is 1. The number of aromatic nitrogens is 1. The zero-order valence-corrected chi connectivity index (χ0v) is 22.8. The standard InChI is InChI=1S/C32H38N4O2/c1-25-9-14-32(26(2)21-25)36-19-17-35(18-20-36)16-15-34(3)23-30-22-31(33-38-30)28-10-12-29(13-11-28)37-24-27-7-5-4-6-8-27/h4-14,21-22H,15-20,23-24H2,1-3H3. The van der Waals surface area contributed by atoms with Crippen molar-refractivity contribution in [1.29, 1.82) is 0 Å². The maximum absolute atomic E-state index is 5.90. The Morgan fingerprint density at radius 3 is 2.39 bits per heavy atom. The van der Waals surface area contributed by atoms with Gasteiger partial charge in [0.25, 0.3) is 0 Å². The lowest BCUT2D eigenvalue weighted by atomic mass is 10.1. The van der Waals surface area contributed by atoms with Crippen LogP contribution in [-0.2, 0) is 13.2 Å². The van der Waals surface area contributed by atoms with Crippen LogP contribution < -0.4 is 9.64 Å². The first-order valence-corrected chi connectivity index (χ1v) is 13.5. The van der Waals surface area contributed by atoms with Gasteiger partial charge in [-0.1, -0.05) is 53.2 Å². The number of rotatable bonds is 10. The number of nitrogens with zero attached hydrogens (tertiary/aromatic N) is 4. The molecule has 198 valence electrons. The van der Waals surface area contributed by atoms with Gasteiger partial charge in [-0.2, -0.15) is 0 Å². The Balaban J connectivity index is 1.05. The average molecular weight is 511 g/mol. The quantitative estimate of drug-likeness (QED) is 0.269. The van der Waals surface area contributed by atoms with Gasteiger partial charge >= 0.3 is 0 Å². The molecule has 1 saturated heterocycles. The second-order valence-electron chi connectivity index (χ2n) is 10.3. The number of anilines is 1. The van der Waals surface area contributed by atoms with E-state index in [-0.39, 0.29) is 0 Å². The molecule has 3 aromatic carbocycles. The molecule has 1 aliphatic rings. The van der Waals surface area contributed by atoms with Crippen LogP contribution in [0.3, 0.4) is 0 Å². The summed E-state index contributed by atoms with van der Waals surface area (Å²) in [7, 11) is 2.15. The van der Waals surface area contributed by atoms with E-state index in [1.165, 1.54) is 16.8 Å². The smallest absolute Gasteiger partial charge is 0.151 e. The number of piperazine rings is 1. The zero-order valence-electron chi connectivity index (χ0n) is 22.8. The molecule has 1 aromatic heterocycles. The van der Waals surface area contributed by atoms with Crippen LogP contribution in [0.1, 0.15) is 22.5 Å². The summed E-state index contributed by atoms with van der Waals surface area (Å²) in [5.74, 6) is 1.72. The highest BCUT2D eigenvalue weighted by Crippen LogP contribution is 2.24. The number of ether oxygens (including phenoxy) is 1. The summed E-state index contributed by atoms with van der Waals surface area (Å²) in [5, 5.41) is 4.30. The SMILES string of the molecule is Cc1ccc(N2CCN(CCN(C)Cc3cc(-c4ccc(OCc5ccccc5)cc4)no3)CC2)c(C)c1. The normalized spacial score (nSPS) is 14.3. The van der Waals surface area contributed by atoms with Gasteiger partial charge in [-0.05, 0) is 62.4 Å². The number of benzene rings is 3. The topological polar surface area (TPSA) is 45.0 Å². The monoisotopic (exact) mass is 510 g/mol. The van der Waals surface area contributed by atoms with Gasteiger partial charge in [0.05, 0.1) is 6.54 Å². The zero-order chi connectivity index (χ0) is 26.3. The van der Waals surface area contributed by atoms with E-state index in [2.05, 4.69) is 71.1 Å². The first kappa shape index (κ1) is 26.0. The minimum atomic E-state index is 0.558. The van der Waals surface area contributed by atoms with Crippen molar-refractivity contribution < 1.29 is 9.26 Å². The van der Waals surface area contributed by atoms with Crippen LogP contribution in [0.5, 0.6) is 5.75 Å². The van der Waals surface area contributed by atoms with Gasteiger partial charge in [-0.3, -0.25) is 9.80 Å². The third-order valence-electron chi connectivity index (χ3n) is 7.25. The van der Waals surface area contributed by atoms with E-state index in [1.54, 1.807) is 0 Å². The molecule has 0 spiro atoms. The van der Waals surface area contributed by atoms with Gasteiger partial charge in [-0.15, -0.1) is 0 Å². The summed E-state index contributed by atoms with van der Waals surface area (Å²) < 4.78 is 11.6.